The van der Waals surface area contributed by atoms with Crippen LogP contribution in [0.25, 0.3) is 0 Å². The Balaban J connectivity index is 1.47. The number of likely N-dealkylation sites (tertiary alicyclic amines) is 1. The van der Waals surface area contributed by atoms with Crippen molar-refractivity contribution in [3.05, 3.63) is 34.9 Å². The average molecular weight is 271 g/mol. The molecule has 1 aliphatic carbocycles. The number of hydrogen-bond donors (Lipinski definition) is 0. The Hall–Kier alpha value is -1.15. The summed E-state index contributed by atoms with van der Waals surface area (Å²) in [5.74, 6) is 0.441. The van der Waals surface area contributed by atoms with E-state index in [1.54, 1.807) is 11.1 Å². The topological polar surface area (TPSA) is 20.3 Å². The maximum atomic E-state index is 11.2. The highest BCUT2D eigenvalue weighted by Crippen LogP contribution is 2.22. The van der Waals surface area contributed by atoms with Crippen LogP contribution in [0.1, 0.15) is 48.8 Å². The van der Waals surface area contributed by atoms with Crippen LogP contribution in [0.2, 0.25) is 0 Å². The number of Topliss-reactive ketones (excluding diaryl/α,β-unsaturated/α-hetero) is 1. The first kappa shape index (κ1) is 13.8. The molecule has 3 rings (SSSR count). The molecule has 0 aromatic heterocycles. The van der Waals surface area contributed by atoms with E-state index in [0.717, 1.165) is 32.5 Å². The third-order valence-electron chi connectivity index (χ3n) is 4.77. The minimum atomic E-state index is 0.441. The molecule has 0 unspecified atom stereocenters. The van der Waals surface area contributed by atoms with Crippen molar-refractivity contribution in [2.75, 3.05) is 19.6 Å². The first-order valence-electron chi connectivity index (χ1n) is 8.16. The zero-order chi connectivity index (χ0) is 13.8. The van der Waals surface area contributed by atoms with Crippen molar-refractivity contribution in [3.8, 4) is 0 Å². The van der Waals surface area contributed by atoms with Crippen LogP contribution in [0.4, 0.5) is 0 Å². The molecule has 0 radical (unpaired) electrons. The third-order valence-corrected chi connectivity index (χ3v) is 4.77. The average Bonchev–Trinajstić information content (AvgIpc) is 2.49. The Morgan fingerprint density at radius 3 is 2.50 bits per heavy atom. The van der Waals surface area contributed by atoms with E-state index in [1.165, 1.54) is 44.1 Å². The summed E-state index contributed by atoms with van der Waals surface area (Å²) < 4.78 is 0. The summed E-state index contributed by atoms with van der Waals surface area (Å²) in [5, 5.41) is 0. The zero-order valence-corrected chi connectivity index (χ0v) is 12.4. The first-order chi connectivity index (χ1) is 9.81. The van der Waals surface area contributed by atoms with Crippen molar-refractivity contribution >= 4 is 5.78 Å². The van der Waals surface area contributed by atoms with E-state index in [4.69, 9.17) is 0 Å². The number of hydrogen-bond acceptors (Lipinski definition) is 2. The van der Waals surface area contributed by atoms with Gasteiger partial charge in [-0.05, 0) is 61.8 Å². The van der Waals surface area contributed by atoms with Gasteiger partial charge in [-0.15, -0.1) is 0 Å². The largest absolute Gasteiger partial charge is 0.302 e. The Kier molecular flexibility index (Phi) is 4.51. The molecule has 20 heavy (non-hydrogen) atoms. The molecule has 1 heterocycles. The van der Waals surface area contributed by atoms with Crippen molar-refractivity contribution in [1.82, 2.24) is 4.90 Å². The molecule has 0 atom stereocenters. The molecule has 0 N–H and O–H groups in total. The molecule has 1 saturated heterocycles. The van der Waals surface area contributed by atoms with Gasteiger partial charge in [0.2, 0.25) is 0 Å². The van der Waals surface area contributed by atoms with Gasteiger partial charge in [0.15, 0.2) is 0 Å². The molecule has 0 saturated carbocycles. The van der Waals surface area contributed by atoms with Crippen LogP contribution in [-0.2, 0) is 24.1 Å². The molecule has 1 aliphatic heterocycles. The fraction of sp³-hybridized carbons (Fsp3) is 0.611. The number of carbonyl (C=O) groups excluding carboxylic acids is 1. The molecular formula is C18H25NO. The smallest absolute Gasteiger partial charge is 0.135 e. The SMILES string of the molecule is O=C1CCN(CCCc2ccc3c(c2)CCCC3)CC1. The second kappa shape index (κ2) is 6.53. The van der Waals surface area contributed by atoms with E-state index in [2.05, 4.69) is 23.1 Å². The lowest BCUT2D eigenvalue weighted by Gasteiger charge is -2.25. The quantitative estimate of drug-likeness (QED) is 0.838. The number of aryl methyl sites for hydroxylation is 3. The predicted octanol–water partition coefficient (Wildman–Crippen LogP) is 3.16. The predicted molar refractivity (Wildman–Crippen MR) is 82.1 cm³/mol. The van der Waals surface area contributed by atoms with Crippen LogP contribution in [0.3, 0.4) is 0 Å². The van der Waals surface area contributed by atoms with E-state index < -0.39 is 0 Å². The summed E-state index contributed by atoms with van der Waals surface area (Å²) in [6, 6.07) is 7.11. The van der Waals surface area contributed by atoms with Gasteiger partial charge in [-0.1, -0.05) is 18.2 Å². The maximum Gasteiger partial charge on any atom is 0.135 e. The van der Waals surface area contributed by atoms with Crippen LogP contribution in [0.5, 0.6) is 0 Å². The highest BCUT2D eigenvalue weighted by atomic mass is 16.1. The summed E-state index contributed by atoms with van der Waals surface area (Å²) in [7, 11) is 0. The summed E-state index contributed by atoms with van der Waals surface area (Å²) in [6.45, 7) is 3.09. The van der Waals surface area contributed by atoms with Crippen molar-refractivity contribution in [1.29, 1.82) is 0 Å². The molecule has 1 fully saturated rings. The number of piperidine rings is 1. The lowest BCUT2D eigenvalue weighted by atomic mass is 9.90. The van der Waals surface area contributed by atoms with Crippen LogP contribution < -0.4 is 0 Å². The van der Waals surface area contributed by atoms with Crippen LogP contribution >= 0.6 is 0 Å². The minimum Gasteiger partial charge on any atom is -0.302 e. The molecule has 2 nitrogen and oxygen atoms in total. The molecule has 2 heteroatoms. The van der Waals surface area contributed by atoms with Gasteiger partial charge in [-0.2, -0.15) is 0 Å². The first-order valence-corrected chi connectivity index (χ1v) is 8.16. The normalized spacial score (nSPS) is 19.9. The van der Waals surface area contributed by atoms with Crippen LogP contribution in [0.15, 0.2) is 18.2 Å². The molecule has 0 bridgehead atoms. The molecular weight excluding hydrogens is 246 g/mol. The molecule has 0 spiro atoms. The van der Waals surface area contributed by atoms with E-state index in [-0.39, 0.29) is 0 Å². The van der Waals surface area contributed by atoms with Crippen molar-refractivity contribution in [2.24, 2.45) is 0 Å². The Bertz CT molecular complexity index is 470. The second-order valence-electron chi connectivity index (χ2n) is 6.29. The van der Waals surface area contributed by atoms with E-state index >= 15 is 0 Å². The van der Waals surface area contributed by atoms with Gasteiger partial charge in [-0.25, -0.2) is 0 Å². The summed E-state index contributed by atoms with van der Waals surface area (Å²) >= 11 is 0. The standard InChI is InChI=1S/C18H25NO/c20-18-9-12-19(13-10-18)11-3-4-15-7-8-16-5-1-2-6-17(16)14-15/h7-8,14H,1-6,9-13H2. The van der Waals surface area contributed by atoms with Gasteiger partial charge in [-0.3, -0.25) is 4.79 Å². The minimum absolute atomic E-state index is 0.441. The number of benzene rings is 1. The fourth-order valence-electron chi connectivity index (χ4n) is 3.48. The Morgan fingerprint density at radius 1 is 0.950 bits per heavy atom. The second-order valence-corrected chi connectivity index (χ2v) is 6.29. The summed E-state index contributed by atoms with van der Waals surface area (Å²) in [6.07, 6.45) is 9.19. The summed E-state index contributed by atoms with van der Waals surface area (Å²) in [5.41, 5.74) is 4.67. The molecule has 0 amide bonds. The maximum absolute atomic E-state index is 11.2. The summed E-state index contributed by atoms with van der Waals surface area (Å²) in [4.78, 5) is 13.7. The van der Waals surface area contributed by atoms with Gasteiger partial charge in [0, 0.05) is 25.9 Å². The number of nitrogens with zero attached hydrogens (tertiary/aromatic N) is 1. The van der Waals surface area contributed by atoms with Gasteiger partial charge < -0.3 is 4.90 Å². The lowest BCUT2D eigenvalue weighted by Crippen LogP contribution is -2.34. The zero-order valence-electron chi connectivity index (χ0n) is 12.4. The molecule has 1 aromatic rings. The van der Waals surface area contributed by atoms with E-state index in [9.17, 15) is 4.79 Å². The monoisotopic (exact) mass is 271 g/mol. The van der Waals surface area contributed by atoms with Gasteiger partial charge in [0.25, 0.3) is 0 Å². The molecule has 2 aliphatic rings. The van der Waals surface area contributed by atoms with Crippen molar-refractivity contribution < 1.29 is 4.79 Å². The number of rotatable bonds is 4. The van der Waals surface area contributed by atoms with Crippen LogP contribution in [0, 0.1) is 0 Å². The van der Waals surface area contributed by atoms with Gasteiger partial charge >= 0.3 is 0 Å². The third kappa shape index (κ3) is 3.49. The number of fused-ring (bicyclic) bond motifs is 1. The number of ketones is 1. The molecule has 1 aromatic carbocycles. The Morgan fingerprint density at radius 2 is 1.70 bits per heavy atom. The highest BCUT2D eigenvalue weighted by molar-refractivity contribution is 5.79. The number of carbonyl (C=O) groups is 1. The highest BCUT2D eigenvalue weighted by Gasteiger charge is 2.15. The lowest BCUT2D eigenvalue weighted by molar-refractivity contribution is -0.121. The molecule has 108 valence electrons. The van der Waals surface area contributed by atoms with Crippen molar-refractivity contribution in [3.63, 3.8) is 0 Å². The fourth-order valence-corrected chi connectivity index (χ4v) is 3.48. The van der Waals surface area contributed by atoms with Gasteiger partial charge in [0.05, 0.1) is 0 Å². The van der Waals surface area contributed by atoms with E-state index in [1.807, 2.05) is 0 Å². The van der Waals surface area contributed by atoms with Crippen LogP contribution in [-0.4, -0.2) is 30.3 Å². The van der Waals surface area contributed by atoms with Gasteiger partial charge in [0.1, 0.15) is 5.78 Å². The van der Waals surface area contributed by atoms with E-state index in [0.29, 0.717) is 5.78 Å². The Labute approximate surface area is 122 Å². The van der Waals surface area contributed by atoms with Crippen molar-refractivity contribution in [2.45, 2.75) is 51.4 Å².